The van der Waals surface area contributed by atoms with Crippen LogP contribution in [0.15, 0.2) is 6.07 Å². The highest BCUT2D eigenvalue weighted by molar-refractivity contribution is 5.17. The van der Waals surface area contributed by atoms with Gasteiger partial charge in [0, 0.05) is 30.5 Å². The molecule has 4 nitrogen and oxygen atoms in total. The lowest BCUT2D eigenvalue weighted by molar-refractivity contribution is 0.0667. The molecule has 1 aliphatic heterocycles. The van der Waals surface area contributed by atoms with Crippen molar-refractivity contribution in [1.29, 1.82) is 0 Å². The Morgan fingerprint density at radius 2 is 1.94 bits per heavy atom. The van der Waals surface area contributed by atoms with Gasteiger partial charge in [-0.2, -0.15) is 0 Å². The van der Waals surface area contributed by atoms with Crippen LogP contribution in [-0.4, -0.2) is 28.3 Å². The lowest BCUT2D eigenvalue weighted by Gasteiger charge is -2.24. The van der Waals surface area contributed by atoms with Gasteiger partial charge in [-0.05, 0) is 39.7 Å². The van der Waals surface area contributed by atoms with E-state index >= 15 is 0 Å². The van der Waals surface area contributed by atoms with Crippen molar-refractivity contribution >= 4 is 0 Å². The summed E-state index contributed by atoms with van der Waals surface area (Å²) in [5.41, 5.74) is 0.975. The van der Waals surface area contributed by atoms with Crippen LogP contribution in [0.3, 0.4) is 0 Å². The van der Waals surface area contributed by atoms with Gasteiger partial charge in [0.25, 0.3) is 0 Å². The summed E-state index contributed by atoms with van der Waals surface area (Å²) in [5, 5.41) is 9.99. The molecule has 0 atom stereocenters. The first-order valence-corrected chi connectivity index (χ1v) is 6.13. The zero-order valence-corrected chi connectivity index (χ0v) is 10.7. The number of aromatic nitrogens is 2. The van der Waals surface area contributed by atoms with Gasteiger partial charge in [-0.25, -0.2) is 9.97 Å². The van der Waals surface area contributed by atoms with E-state index in [9.17, 15) is 5.11 Å². The molecular formula is C13H20N2O2. The molecule has 0 aromatic carbocycles. The van der Waals surface area contributed by atoms with Crippen LogP contribution in [0.5, 0.6) is 0 Å². The van der Waals surface area contributed by atoms with E-state index in [0.29, 0.717) is 11.7 Å². The summed E-state index contributed by atoms with van der Waals surface area (Å²) in [6, 6.07) is 2.02. The number of aliphatic hydroxyl groups is 1. The van der Waals surface area contributed by atoms with Crippen LogP contribution in [0.2, 0.25) is 0 Å². The number of hydrogen-bond donors (Lipinski definition) is 1. The molecule has 0 unspecified atom stereocenters. The Kier molecular flexibility index (Phi) is 3.45. The second-order valence-corrected chi connectivity index (χ2v) is 5.20. The van der Waals surface area contributed by atoms with E-state index < -0.39 is 5.60 Å². The molecule has 0 bridgehead atoms. The number of ether oxygens (including phenoxy) is 1. The van der Waals surface area contributed by atoms with Gasteiger partial charge in [0.2, 0.25) is 0 Å². The van der Waals surface area contributed by atoms with Gasteiger partial charge >= 0.3 is 0 Å². The molecule has 2 rings (SSSR count). The van der Waals surface area contributed by atoms with E-state index in [4.69, 9.17) is 4.74 Å². The molecule has 1 aromatic heterocycles. The topological polar surface area (TPSA) is 55.2 Å². The third kappa shape index (κ3) is 3.01. The van der Waals surface area contributed by atoms with Gasteiger partial charge in [0.1, 0.15) is 5.60 Å². The van der Waals surface area contributed by atoms with E-state index in [2.05, 4.69) is 9.97 Å². The molecule has 2 heterocycles. The first-order valence-electron chi connectivity index (χ1n) is 6.13. The summed E-state index contributed by atoms with van der Waals surface area (Å²) in [7, 11) is 0. The Bertz CT molecular complexity index is 393. The maximum absolute atomic E-state index is 9.99. The maximum atomic E-state index is 9.99. The molecular weight excluding hydrogens is 216 g/mol. The second-order valence-electron chi connectivity index (χ2n) is 5.20. The summed E-state index contributed by atoms with van der Waals surface area (Å²) in [6.45, 7) is 6.97. The first-order chi connectivity index (χ1) is 7.97. The van der Waals surface area contributed by atoms with Crippen molar-refractivity contribution in [2.45, 2.75) is 45.1 Å². The molecule has 1 aromatic rings. The number of rotatable bonds is 2. The summed E-state index contributed by atoms with van der Waals surface area (Å²) in [4.78, 5) is 8.82. The standard InChI is InChI=1S/C13H20N2O2/c1-9-8-11(10-4-6-17-7-5-10)15-12(14-9)13(2,3)16/h8,10,16H,4-7H2,1-3H3. The monoisotopic (exact) mass is 236 g/mol. The van der Waals surface area contributed by atoms with Crippen LogP contribution in [0, 0.1) is 6.92 Å². The largest absolute Gasteiger partial charge is 0.382 e. The third-order valence-corrected chi connectivity index (χ3v) is 3.06. The Balaban J connectivity index is 2.31. The highest BCUT2D eigenvalue weighted by Crippen LogP contribution is 2.27. The molecule has 1 aliphatic rings. The van der Waals surface area contributed by atoms with Crippen LogP contribution in [0.4, 0.5) is 0 Å². The number of aryl methyl sites for hydroxylation is 1. The molecule has 94 valence electrons. The molecule has 0 amide bonds. The second kappa shape index (κ2) is 4.70. The van der Waals surface area contributed by atoms with E-state index in [1.165, 1.54) is 0 Å². The normalized spacial score (nSPS) is 18.4. The van der Waals surface area contributed by atoms with Gasteiger partial charge in [-0.1, -0.05) is 0 Å². The fourth-order valence-electron chi connectivity index (χ4n) is 2.07. The van der Waals surface area contributed by atoms with Crippen molar-refractivity contribution in [2.75, 3.05) is 13.2 Å². The van der Waals surface area contributed by atoms with E-state index in [1.54, 1.807) is 13.8 Å². The fourth-order valence-corrected chi connectivity index (χ4v) is 2.07. The Morgan fingerprint density at radius 1 is 1.29 bits per heavy atom. The van der Waals surface area contributed by atoms with E-state index in [1.807, 2.05) is 13.0 Å². The molecule has 1 fully saturated rings. The lowest BCUT2D eigenvalue weighted by Crippen LogP contribution is -2.23. The van der Waals surface area contributed by atoms with Crippen molar-refractivity contribution in [3.63, 3.8) is 0 Å². The van der Waals surface area contributed by atoms with Gasteiger partial charge in [0.05, 0.1) is 0 Å². The Morgan fingerprint density at radius 3 is 2.53 bits per heavy atom. The van der Waals surface area contributed by atoms with E-state index in [-0.39, 0.29) is 0 Å². The Hall–Kier alpha value is -1.00. The molecule has 4 heteroatoms. The molecule has 17 heavy (non-hydrogen) atoms. The molecule has 1 N–H and O–H groups in total. The van der Waals surface area contributed by atoms with Crippen molar-refractivity contribution in [2.24, 2.45) is 0 Å². The summed E-state index contributed by atoms with van der Waals surface area (Å²) in [5.74, 6) is 0.950. The minimum absolute atomic E-state index is 0.437. The van der Waals surface area contributed by atoms with Gasteiger partial charge in [-0.15, -0.1) is 0 Å². The highest BCUT2D eigenvalue weighted by Gasteiger charge is 2.24. The molecule has 0 aliphatic carbocycles. The van der Waals surface area contributed by atoms with Crippen LogP contribution < -0.4 is 0 Å². The van der Waals surface area contributed by atoms with Crippen molar-refractivity contribution in [3.05, 3.63) is 23.3 Å². The predicted molar refractivity (Wildman–Crippen MR) is 64.8 cm³/mol. The fraction of sp³-hybridized carbons (Fsp3) is 0.692. The average molecular weight is 236 g/mol. The van der Waals surface area contributed by atoms with Crippen molar-refractivity contribution in [1.82, 2.24) is 9.97 Å². The summed E-state index contributed by atoms with van der Waals surface area (Å²) < 4.78 is 5.36. The zero-order chi connectivity index (χ0) is 12.5. The van der Waals surface area contributed by atoms with Gasteiger partial charge in [-0.3, -0.25) is 0 Å². The molecule has 0 radical (unpaired) electrons. The first kappa shape index (κ1) is 12.5. The van der Waals surface area contributed by atoms with Gasteiger partial charge < -0.3 is 9.84 Å². The summed E-state index contributed by atoms with van der Waals surface area (Å²) in [6.07, 6.45) is 2.00. The summed E-state index contributed by atoms with van der Waals surface area (Å²) >= 11 is 0. The molecule has 0 spiro atoms. The SMILES string of the molecule is Cc1cc(C2CCOCC2)nc(C(C)(C)O)n1. The van der Waals surface area contributed by atoms with Crippen LogP contribution in [0.25, 0.3) is 0 Å². The lowest BCUT2D eigenvalue weighted by atomic mass is 9.95. The number of nitrogens with zero attached hydrogens (tertiary/aromatic N) is 2. The minimum Gasteiger partial charge on any atom is -0.382 e. The highest BCUT2D eigenvalue weighted by atomic mass is 16.5. The number of hydrogen-bond acceptors (Lipinski definition) is 4. The van der Waals surface area contributed by atoms with Crippen molar-refractivity contribution < 1.29 is 9.84 Å². The maximum Gasteiger partial charge on any atom is 0.159 e. The molecule has 0 saturated carbocycles. The minimum atomic E-state index is -0.980. The van der Waals surface area contributed by atoms with Crippen LogP contribution >= 0.6 is 0 Å². The molecule has 1 saturated heterocycles. The van der Waals surface area contributed by atoms with Crippen molar-refractivity contribution in [3.8, 4) is 0 Å². The van der Waals surface area contributed by atoms with Gasteiger partial charge in [0.15, 0.2) is 5.82 Å². The average Bonchev–Trinajstić information content (AvgIpc) is 2.28. The smallest absolute Gasteiger partial charge is 0.159 e. The van der Waals surface area contributed by atoms with E-state index in [0.717, 1.165) is 37.4 Å². The Labute approximate surface area is 102 Å². The quantitative estimate of drug-likeness (QED) is 0.852. The zero-order valence-electron chi connectivity index (χ0n) is 10.7. The third-order valence-electron chi connectivity index (χ3n) is 3.06. The predicted octanol–water partition coefficient (Wildman–Crippen LogP) is 1.91. The van der Waals surface area contributed by atoms with Crippen LogP contribution in [-0.2, 0) is 10.3 Å². The van der Waals surface area contributed by atoms with Crippen LogP contribution in [0.1, 0.15) is 49.8 Å².